The van der Waals surface area contributed by atoms with E-state index in [2.05, 4.69) is 15.9 Å². The average molecular weight is 328 g/mol. The first-order chi connectivity index (χ1) is 9.28. The van der Waals surface area contributed by atoms with Crippen LogP contribution in [0.1, 0.15) is 10.4 Å². The maximum absolute atomic E-state index is 12.4. The molecule has 6 heteroatoms. The molecule has 1 fully saturated rings. The van der Waals surface area contributed by atoms with Crippen molar-refractivity contribution in [1.82, 2.24) is 4.90 Å². The number of carbonyl (C=O) groups excluding carboxylic acids is 1. The number of alkyl halides is 1. The third kappa shape index (κ3) is 2.55. The number of amides is 1. The maximum Gasteiger partial charge on any atom is 0.254 e. The van der Waals surface area contributed by atoms with Gasteiger partial charge in [0.15, 0.2) is 11.5 Å². The molecule has 0 aliphatic carbocycles. The van der Waals surface area contributed by atoms with Crippen LogP contribution in [0, 0.1) is 0 Å². The van der Waals surface area contributed by atoms with E-state index < -0.39 is 0 Å². The van der Waals surface area contributed by atoms with E-state index in [1.54, 1.807) is 18.2 Å². The zero-order valence-corrected chi connectivity index (χ0v) is 11.9. The van der Waals surface area contributed by atoms with Crippen LogP contribution >= 0.6 is 15.9 Å². The lowest BCUT2D eigenvalue weighted by Gasteiger charge is -2.32. The molecule has 0 spiro atoms. The first-order valence-corrected chi connectivity index (χ1v) is 7.26. The van der Waals surface area contributed by atoms with Gasteiger partial charge in [0, 0.05) is 24.0 Å². The van der Waals surface area contributed by atoms with Crippen LogP contribution in [0.3, 0.4) is 0 Å². The Labute approximate surface area is 119 Å². The van der Waals surface area contributed by atoms with Crippen LogP contribution in [0.15, 0.2) is 18.2 Å². The monoisotopic (exact) mass is 327 g/mol. The maximum atomic E-state index is 12.4. The zero-order chi connectivity index (χ0) is 13.2. The predicted octanol–water partition coefficient (Wildman–Crippen LogP) is 1.65. The van der Waals surface area contributed by atoms with Gasteiger partial charge in [0.05, 0.1) is 12.7 Å². The molecule has 0 N–H and O–H groups in total. The smallest absolute Gasteiger partial charge is 0.254 e. The van der Waals surface area contributed by atoms with E-state index in [9.17, 15) is 4.79 Å². The molecule has 102 valence electrons. The lowest BCUT2D eigenvalue weighted by atomic mass is 10.1. The summed E-state index contributed by atoms with van der Waals surface area (Å²) in [7, 11) is 0. The van der Waals surface area contributed by atoms with Gasteiger partial charge < -0.3 is 19.1 Å². The largest absolute Gasteiger partial charge is 0.454 e. The summed E-state index contributed by atoms with van der Waals surface area (Å²) in [5.74, 6) is 1.33. The summed E-state index contributed by atoms with van der Waals surface area (Å²) in [6, 6.07) is 5.29. The summed E-state index contributed by atoms with van der Waals surface area (Å²) in [5.41, 5.74) is 0.625. The topological polar surface area (TPSA) is 48.0 Å². The number of rotatable bonds is 2. The highest BCUT2D eigenvalue weighted by Crippen LogP contribution is 2.32. The standard InChI is InChI=1S/C13H14BrNO4/c14-6-10-7-15(3-4-17-10)13(16)9-1-2-11-12(5-9)19-8-18-11/h1-2,5,10H,3-4,6-8H2. The van der Waals surface area contributed by atoms with Crippen molar-refractivity contribution in [3.05, 3.63) is 23.8 Å². The van der Waals surface area contributed by atoms with E-state index in [0.29, 0.717) is 36.8 Å². The molecule has 0 radical (unpaired) electrons. The number of fused-ring (bicyclic) bond motifs is 1. The summed E-state index contributed by atoms with van der Waals surface area (Å²) >= 11 is 3.38. The van der Waals surface area contributed by atoms with Gasteiger partial charge in [-0.25, -0.2) is 0 Å². The Morgan fingerprint density at radius 2 is 2.21 bits per heavy atom. The Morgan fingerprint density at radius 1 is 1.37 bits per heavy atom. The van der Waals surface area contributed by atoms with Crippen molar-refractivity contribution in [3.8, 4) is 11.5 Å². The van der Waals surface area contributed by atoms with Crippen molar-refractivity contribution < 1.29 is 19.0 Å². The molecule has 1 atom stereocenters. The molecule has 2 aliphatic rings. The second-order valence-electron chi connectivity index (χ2n) is 4.47. The molecule has 2 aliphatic heterocycles. The number of hydrogen-bond acceptors (Lipinski definition) is 4. The third-order valence-electron chi connectivity index (χ3n) is 3.22. The molecule has 1 aromatic rings. The molecule has 0 aromatic heterocycles. The molecule has 1 aromatic carbocycles. The SMILES string of the molecule is O=C(c1ccc2c(c1)OCO2)N1CCOC(CBr)C1. The molecular weight excluding hydrogens is 314 g/mol. The summed E-state index contributed by atoms with van der Waals surface area (Å²) in [4.78, 5) is 14.2. The minimum Gasteiger partial charge on any atom is -0.454 e. The van der Waals surface area contributed by atoms with Gasteiger partial charge in [0.2, 0.25) is 6.79 Å². The molecule has 2 heterocycles. The summed E-state index contributed by atoms with van der Waals surface area (Å²) < 4.78 is 16.1. The fraction of sp³-hybridized carbons (Fsp3) is 0.462. The normalized spacial score (nSPS) is 21.5. The molecule has 0 bridgehead atoms. The second kappa shape index (κ2) is 5.38. The van der Waals surface area contributed by atoms with Crippen molar-refractivity contribution in [3.63, 3.8) is 0 Å². The second-order valence-corrected chi connectivity index (χ2v) is 5.11. The molecule has 1 amide bonds. The average Bonchev–Trinajstić information content (AvgIpc) is 2.94. The van der Waals surface area contributed by atoms with E-state index in [1.807, 2.05) is 4.90 Å². The lowest BCUT2D eigenvalue weighted by Crippen LogP contribution is -2.46. The first-order valence-electron chi connectivity index (χ1n) is 6.14. The molecule has 19 heavy (non-hydrogen) atoms. The van der Waals surface area contributed by atoms with Crippen molar-refractivity contribution in [2.75, 3.05) is 31.8 Å². The molecular formula is C13H14BrNO4. The molecule has 1 saturated heterocycles. The number of nitrogens with zero attached hydrogens (tertiary/aromatic N) is 1. The predicted molar refractivity (Wildman–Crippen MR) is 72.0 cm³/mol. The van der Waals surface area contributed by atoms with Crippen molar-refractivity contribution >= 4 is 21.8 Å². The highest BCUT2D eigenvalue weighted by atomic mass is 79.9. The number of carbonyl (C=O) groups is 1. The fourth-order valence-corrected chi connectivity index (χ4v) is 2.60. The Morgan fingerprint density at radius 3 is 3.05 bits per heavy atom. The van der Waals surface area contributed by atoms with E-state index in [4.69, 9.17) is 14.2 Å². The van der Waals surface area contributed by atoms with Crippen LogP contribution < -0.4 is 9.47 Å². The van der Waals surface area contributed by atoms with Gasteiger partial charge in [-0.15, -0.1) is 0 Å². The minimum absolute atomic E-state index is 0.00699. The van der Waals surface area contributed by atoms with Crippen LogP contribution in [-0.4, -0.2) is 48.7 Å². The van der Waals surface area contributed by atoms with E-state index >= 15 is 0 Å². The van der Waals surface area contributed by atoms with Crippen molar-refractivity contribution in [1.29, 1.82) is 0 Å². The Balaban J connectivity index is 1.76. The zero-order valence-electron chi connectivity index (χ0n) is 10.3. The van der Waals surface area contributed by atoms with E-state index in [-0.39, 0.29) is 18.8 Å². The Kier molecular flexibility index (Phi) is 3.61. The van der Waals surface area contributed by atoms with Gasteiger partial charge >= 0.3 is 0 Å². The van der Waals surface area contributed by atoms with Crippen LogP contribution in [-0.2, 0) is 4.74 Å². The van der Waals surface area contributed by atoms with Crippen molar-refractivity contribution in [2.24, 2.45) is 0 Å². The van der Waals surface area contributed by atoms with E-state index in [1.165, 1.54) is 0 Å². The van der Waals surface area contributed by atoms with Gasteiger partial charge in [0.1, 0.15) is 0 Å². The summed E-state index contributed by atoms with van der Waals surface area (Å²) in [6.07, 6.45) is 0.0618. The summed E-state index contributed by atoms with van der Waals surface area (Å²) in [5, 5.41) is 0.734. The van der Waals surface area contributed by atoms with Gasteiger partial charge in [-0.05, 0) is 18.2 Å². The number of benzene rings is 1. The van der Waals surface area contributed by atoms with Crippen LogP contribution in [0.4, 0.5) is 0 Å². The van der Waals surface area contributed by atoms with Crippen molar-refractivity contribution in [2.45, 2.75) is 6.10 Å². The van der Waals surface area contributed by atoms with Crippen LogP contribution in [0.25, 0.3) is 0 Å². The summed E-state index contributed by atoms with van der Waals surface area (Å²) in [6.45, 7) is 2.03. The molecule has 5 nitrogen and oxygen atoms in total. The van der Waals surface area contributed by atoms with Crippen LogP contribution in [0.5, 0.6) is 11.5 Å². The van der Waals surface area contributed by atoms with Crippen LogP contribution in [0.2, 0.25) is 0 Å². The number of ether oxygens (including phenoxy) is 3. The van der Waals surface area contributed by atoms with Gasteiger partial charge in [0.25, 0.3) is 5.91 Å². The lowest BCUT2D eigenvalue weighted by molar-refractivity contribution is -0.00965. The quantitative estimate of drug-likeness (QED) is 0.775. The van der Waals surface area contributed by atoms with Gasteiger partial charge in [-0.1, -0.05) is 15.9 Å². The highest BCUT2D eigenvalue weighted by Gasteiger charge is 2.25. The van der Waals surface area contributed by atoms with Gasteiger partial charge in [-0.3, -0.25) is 4.79 Å². The Hall–Kier alpha value is -1.27. The number of halogens is 1. The van der Waals surface area contributed by atoms with Gasteiger partial charge in [-0.2, -0.15) is 0 Å². The number of morpholine rings is 1. The third-order valence-corrected chi connectivity index (χ3v) is 3.94. The first kappa shape index (κ1) is 12.7. The molecule has 3 rings (SSSR count). The van der Waals surface area contributed by atoms with E-state index in [0.717, 1.165) is 5.33 Å². The highest BCUT2D eigenvalue weighted by molar-refractivity contribution is 9.09. The minimum atomic E-state index is 0.00699. The number of hydrogen-bond donors (Lipinski definition) is 0. The fourth-order valence-electron chi connectivity index (χ4n) is 2.21. The Bertz CT molecular complexity index is 494. The molecule has 0 saturated carbocycles. The molecule has 1 unspecified atom stereocenters.